The van der Waals surface area contributed by atoms with Gasteiger partial charge in [0.25, 0.3) is 0 Å². The summed E-state index contributed by atoms with van der Waals surface area (Å²) in [5.74, 6) is 0.133. The fraction of sp³-hybridized carbons (Fsp3) is 0.722. The zero-order valence-electron chi connectivity index (χ0n) is 15.4. The van der Waals surface area contributed by atoms with Crippen LogP contribution in [-0.4, -0.2) is 76.1 Å². The molecule has 0 radical (unpaired) electrons. The predicted octanol–water partition coefficient (Wildman–Crippen LogP) is 0.806. The number of amides is 2. The first kappa shape index (κ1) is 17.9. The summed E-state index contributed by atoms with van der Waals surface area (Å²) in [6.07, 6.45) is 6.16. The van der Waals surface area contributed by atoms with E-state index in [1.54, 1.807) is 4.90 Å². The van der Waals surface area contributed by atoms with Crippen molar-refractivity contribution in [1.29, 1.82) is 0 Å². The Labute approximate surface area is 149 Å². The lowest BCUT2D eigenvalue weighted by atomic mass is 9.95. The Morgan fingerprint density at radius 3 is 2.80 bits per heavy atom. The molecule has 7 nitrogen and oxygen atoms in total. The lowest BCUT2D eigenvalue weighted by Crippen LogP contribution is -2.44. The Bertz CT molecular complexity index is 614. The van der Waals surface area contributed by atoms with Gasteiger partial charge < -0.3 is 9.80 Å². The molecule has 2 saturated heterocycles. The third-order valence-corrected chi connectivity index (χ3v) is 5.33. The van der Waals surface area contributed by atoms with Crippen molar-refractivity contribution in [3.05, 3.63) is 18.0 Å². The second kappa shape index (κ2) is 7.99. The van der Waals surface area contributed by atoms with Gasteiger partial charge in [0, 0.05) is 77.0 Å². The van der Waals surface area contributed by atoms with Gasteiger partial charge in [-0.1, -0.05) is 0 Å². The minimum absolute atomic E-state index is 0.0917. The van der Waals surface area contributed by atoms with Crippen molar-refractivity contribution in [2.45, 2.75) is 39.3 Å². The fourth-order valence-corrected chi connectivity index (χ4v) is 3.68. The van der Waals surface area contributed by atoms with Gasteiger partial charge >= 0.3 is 0 Å². The normalized spacial score (nSPS) is 23.0. The molecule has 0 N–H and O–H groups in total. The molecule has 0 bridgehead atoms. The van der Waals surface area contributed by atoms with E-state index in [2.05, 4.69) is 23.1 Å². The number of likely N-dealkylation sites (tertiary alicyclic amines) is 1. The summed E-state index contributed by atoms with van der Waals surface area (Å²) in [5.41, 5.74) is 1.22. The van der Waals surface area contributed by atoms with Gasteiger partial charge in [-0.3, -0.25) is 19.2 Å². The van der Waals surface area contributed by atoms with Gasteiger partial charge in [0.2, 0.25) is 11.8 Å². The van der Waals surface area contributed by atoms with Crippen LogP contribution in [0.5, 0.6) is 0 Å². The van der Waals surface area contributed by atoms with Gasteiger partial charge in [-0.25, -0.2) is 0 Å². The second-order valence-electron chi connectivity index (χ2n) is 7.16. The maximum atomic E-state index is 12.8. The Morgan fingerprint density at radius 1 is 1.24 bits per heavy atom. The number of hydrogen-bond donors (Lipinski definition) is 0. The topological polar surface area (TPSA) is 61.7 Å². The molecule has 0 aliphatic carbocycles. The lowest BCUT2D eigenvalue weighted by Gasteiger charge is -2.31. The Morgan fingerprint density at radius 2 is 2.08 bits per heavy atom. The van der Waals surface area contributed by atoms with E-state index >= 15 is 0 Å². The molecule has 0 unspecified atom stereocenters. The maximum absolute atomic E-state index is 12.8. The van der Waals surface area contributed by atoms with E-state index in [0.29, 0.717) is 13.0 Å². The van der Waals surface area contributed by atoms with Crippen molar-refractivity contribution in [2.24, 2.45) is 5.92 Å². The average molecular weight is 347 g/mol. The van der Waals surface area contributed by atoms with Crippen LogP contribution in [0, 0.1) is 5.92 Å². The lowest BCUT2D eigenvalue weighted by molar-refractivity contribution is -0.144. The average Bonchev–Trinajstić information content (AvgIpc) is 2.94. The molecule has 0 aromatic carbocycles. The number of rotatable bonds is 4. The summed E-state index contributed by atoms with van der Waals surface area (Å²) in [6.45, 7) is 7.96. The number of carbonyl (C=O) groups excluding carboxylic acids is 2. The molecule has 1 aromatic rings. The van der Waals surface area contributed by atoms with Gasteiger partial charge in [-0.05, 0) is 19.8 Å². The van der Waals surface area contributed by atoms with E-state index in [4.69, 9.17) is 0 Å². The summed E-state index contributed by atoms with van der Waals surface area (Å²) >= 11 is 0. The number of aryl methyl sites for hydroxylation is 1. The summed E-state index contributed by atoms with van der Waals surface area (Å²) in [4.78, 5) is 30.8. The van der Waals surface area contributed by atoms with Crippen LogP contribution in [0.3, 0.4) is 0 Å². The minimum atomic E-state index is -0.127. The van der Waals surface area contributed by atoms with Crippen LogP contribution in [0.1, 0.15) is 31.7 Å². The molecule has 3 heterocycles. The third kappa shape index (κ3) is 4.39. The molecule has 25 heavy (non-hydrogen) atoms. The highest BCUT2D eigenvalue weighted by Gasteiger charge is 2.32. The van der Waals surface area contributed by atoms with E-state index in [1.807, 2.05) is 22.8 Å². The van der Waals surface area contributed by atoms with Crippen molar-refractivity contribution < 1.29 is 9.59 Å². The Kier molecular flexibility index (Phi) is 5.73. The second-order valence-corrected chi connectivity index (χ2v) is 7.16. The molecule has 2 aliphatic rings. The summed E-state index contributed by atoms with van der Waals surface area (Å²) < 4.78 is 1.94. The van der Waals surface area contributed by atoms with Crippen LogP contribution in [0.25, 0.3) is 0 Å². The highest BCUT2D eigenvalue weighted by atomic mass is 16.2. The van der Waals surface area contributed by atoms with E-state index in [1.165, 1.54) is 5.56 Å². The SMILES string of the molecule is CCn1cc(CN2CCCN(C(=O)[C@@H]3CCN(C)C(=O)C3)CC2)cn1. The summed E-state index contributed by atoms with van der Waals surface area (Å²) in [7, 11) is 1.81. The molecule has 0 saturated carbocycles. The number of aromatic nitrogens is 2. The summed E-state index contributed by atoms with van der Waals surface area (Å²) in [5, 5.41) is 4.33. The number of piperidine rings is 1. The molecule has 1 aromatic heterocycles. The molecule has 138 valence electrons. The highest BCUT2D eigenvalue weighted by molar-refractivity contribution is 5.86. The van der Waals surface area contributed by atoms with Crippen molar-refractivity contribution in [1.82, 2.24) is 24.5 Å². The van der Waals surface area contributed by atoms with Gasteiger partial charge in [0.15, 0.2) is 0 Å². The molecule has 1 atom stereocenters. The van der Waals surface area contributed by atoms with E-state index in [0.717, 1.165) is 52.1 Å². The van der Waals surface area contributed by atoms with Crippen LogP contribution in [0.2, 0.25) is 0 Å². The number of carbonyl (C=O) groups is 2. The predicted molar refractivity (Wildman–Crippen MR) is 94.7 cm³/mol. The van der Waals surface area contributed by atoms with Crippen LogP contribution < -0.4 is 0 Å². The first-order valence-electron chi connectivity index (χ1n) is 9.33. The van der Waals surface area contributed by atoms with Gasteiger partial charge in [0.1, 0.15) is 0 Å². The van der Waals surface area contributed by atoms with E-state index < -0.39 is 0 Å². The molecule has 7 heteroatoms. The third-order valence-electron chi connectivity index (χ3n) is 5.33. The molecule has 2 aliphatic heterocycles. The molecule has 2 amide bonds. The first-order chi connectivity index (χ1) is 12.1. The largest absolute Gasteiger partial charge is 0.346 e. The van der Waals surface area contributed by atoms with Crippen LogP contribution in [0.4, 0.5) is 0 Å². The monoisotopic (exact) mass is 347 g/mol. The van der Waals surface area contributed by atoms with Gasteiger partial charge in [-0.2, -0.15) is 5.10 Å². The first-order valence-corrected chi connectivity index (χ1v) is 9.33. The van der Waals surface area contributed by atoms with Crippen molar-refractivity contribution in [3.63, 3.8) is 0 Å². The molecule has 2 fully saturated rings. The molecular formula is C18H29N5O2. The Hall–Kier alpha value is -1.89. The zero-order chi connectivity index (χ0) is 17.8. The van der Waals surface area contributed by atoms with E-state index in [-0.39, 0.29) is 17.7 Å². The number of nitrogens with zero attached hydrogens (tertiary/aromatic N) is 5. The maximum Gasteiger partial charge on any atom is 0.226 e. The molecule has 0 spiro atoms. The van der Waals surface area contributed by atoms with E-state index in [9.17, 15) is 9.59 Å². The van der Waals surface area contributed by atoms with Gasteiger partial charge in [-0.15, -0.1) is 0 Å². The quantitative estimate of drug-likeness (QED) is 0.808. The fourth-order valence-electron chi connectivity index (χ4n) is 3.68. The van der Waals surface area contributed by atoms with Crippen LogP contribution in [-0.2, 0) is 22.7 Å². The van der Waals surface area contributed by atoms with Crippen LogP contribution in [0.15, 0.2) is 12.4 Å². The standard InChI is InChI=1S/C18H29N5O2/c1-3-23-14-15(12-19-23)13-21-6-4-7-22(10-9-21)18(25)16-5-8-20(2)17(24)11-16/h12,14,16H,3-11,13H2,1-2H3/t16-/m1/s1. The Balaban J connectivity index is 1.52. The van der Waals surface area contributed by atoms with Crippen molar-refractivity contribution >= 4 is 11.8 Å². The smallest absolute Gasteiger partial charge is 0.226 e. The molecule has 3 rings (SSSR count). The van der Waals surface area contributed by atoms with Gasteiger partial charge in [0.05, 0.1) is 6.20 Å². The van der Waals surface area contributed by atoms with Crippen LogP contribution >= 0.6 is 0 Å². The zero-order valence-corrected chi connectivity index (χ0v) is 15.4. The number of hydrogen-bond acceptors (Lipinski definition) is 4. The van der Waals surface area contributed by atoms with Crippen molar-refractivity contribution in [3.8, 4) is 0 Å². The minimum Gasteiger partial charge on any atom is -0.346 e. The van der Waals surface area contributed by atoms with Crippen molar-refractivity contribution in [2.75, 3.05) is 39.8 Å². The molecular weight excluding hydrogens is 318 g/mol. The summed E-state index contributed by atoms with van der Waals surface area (Å²) in [6, 6.07) is 0. The highest BCUT2D eigenvalue weighted by Crippen LogP contribution is 2.21.